The van der Waals surface area contributed by atoms with E-state index in [2.05, 4.69) is 50.1 Å². The molecule has 3 heterocycles. The zero-order valence-corrected chi connectivity index (χ0v) is 22.0. The van der Waals surface area contributed by atoms with Gasteiger partial charge < -0.3 is 19.5 Å². The zero-order chi connectivity index (χ0) is 21.6. The molecule has 1 aliphatic rings. The molecule has 0 amide bonds. The number of aryl methyl sites for hydroxylation is 1. The number of thiophene rings is 1. The van der Waals surface area contributed by atoms with Crippen molar-refractivity contribution in [3.63, 3.8) is 0 Å². The van der Waals surface area contributed by atoms with Crippen molar-refractivity contribution in [2.24, 2.45) is 12.0 Å². The smallest absolute Gasteiger partial charge is 0.194 e. The summed E-state index contributed by atoms with van der Waals surface area (Å²) in [5.74, 6) is 4.12. The molecule has 172 valence electrons. The van der Waals surface area contributed by atoms with E-state index in [1.54, 1.807) is 18.4 Å². The van der Waals surface area contributed by atoms with Gasteiger partial charge in [-0.05, 0) is 48.9 Å². The molecule has 4 rings (SSSR count). The van der Waals surface area contributed by atoms with Gasteiger partial charge in [-0.3, -0.25) is 0 Å². The highest BCUT2D eigenvalue weighted by molar-refractivity contribution is 14.0. The van der Waals surface area contributed by atoms with Gasteiger partial charge in [0.2, 0.25) is 0 Å². The average Bonchev–Trinajstić information content (AvgIpc) is 3.55. The minimum Gasteiger partial charge on any atom is -0.497 e. The number of benzene rings is 1. The maximum absolute atomic E-state index is 5.30. The SMILES string of the molecule is COc1ccc(C2CCN(C(=NCc3nnc(C)n3C)NCCc3cccs3)C2)cc1.I. The molecule has 2 aromatic heterocycles. The maximum atomic E-state index is 5.30. The molecule has 32 heavy (non-hydrogen) atoms. The van der Waals surface area contributed by atoms with Crippen molar-refractivity contribution in [1.29, 1.82) is 0 Å². The van der Waals surface area contributed by atoms with E-state index in [0.29, 0.717) is 12.5 Å². The van der Waals surface area contributed by atoms with Crippen molar-refractivity contribution in [3.05, 3.63) is 63.9 Å². The number of guanidine groups is 1. The van der Waals surface area contributed by atoms with Crippen LogP contribution in [0.2, 0.25) is 0 Å². The van der Waals surface area contributed by atoms with Crippen molar-refractivity contribution >= 4 is 41.3 Å². The van der Waals surface area contributed by atoms with E-state index in [9.17, 15) is 0 Å². The number of aromatic nitrogens is 3. The summed E-state index contributed by atoms with van der Waals surface area (Å²) in [6.07, 6.45) is 2.11. The molecule has 1 saturated heterocycles. The minimum atomic E-state index is 0. The maximum Gasteiger partial charge on any atom is 0.194 e. The van der Waals surface area contributed by atoms with Crippen molar-refractivity contribution in [1.82, 2.24) is 25.0 Å². The van der Waals surface area contributed by atoms with Crippen LogP contribution < -0.4 is 10.1 Å². The Bertz CT molecular complexity index is 1000. The van der Waals surface area contributed by atoms with E-state index in [4.69, 9.17) is 9.73 Å². The van der Waals surface area contributed by atoms with Crippen molar-refractivity contribution in [2.75, 3.05) is 26.7 Å². The first-order valence-corrected chi connectivity index (χ1v) is 11.6. The molecule has 0 radical (unpaired) electrons. The number of nitrogens with one attached hydrogen (secondary N) is 1. The molecule has 0 bridgehead atoms. The Morgan fingerprint density at radius 1 is 1.25 bits per heavy atom. The van der Waals surface area contributed by atoms with E-state index in [0.717, 1.165) is 55.8 Å². The monoisotopic (exact) mass is 566 g/mol. The van der Waals surface area contributed by atoms with Gasteiger partial charge in [-0.25, -0.2) is 4.99 Å². The molecule has 3 aromatic rings. The normalized spacial score (nSPS) is 16.2. The molecular formula is C23H31IN6OS. The molecule has 1 atom stereocenters. The highest BCUT2D eigenvalue weighted by Gasteiger charge is 2.26. The molecule has 9 heteroatoms. The van der Waals surface area contributed by atoms with Gasteiger partial charge in [-0.1, -0.05) is 18.2 Å². The standard InChI is InChI=1S/C23H30N6OS.HI/c1-17-26-27-22(28(17)2)15-25-23(24-12-10-21-5-4-14-31-21)29-13-11-19(16-29)18-6-8-20(30-3)9-7-18;/h4-9,14,19H,10-13,15-16H2,1-3H3,(H,24,25);1H. The Morgan fingerprint density at radius 2 is 2.06 bits per heavy atom. The van der Waals surface area contributed by atoms with Crippen LogP contribution in [0.3, 0.4) is 0 Å². The van der Waals surface area contributed by atoms with Crippen LogP contribution in [0.1, 0.15) is 34.4 Å². The van der Waals surface area contributed by atoms with E-state index in [1.807, 2.05) is 30.7 Å². The molecule has 0 saturated carbocycles. The van der Waals surface area contributed by atoms with Gasteiger partial charge in [0.25, 0.3) is 0 Å². The van der Waals surface area contributed by atoms with E-state index in [-0.39, 0.29) is 24.0 Å². The summed E-state index contributed by atoms with van der Waals surface area (Å²) in [4.78, 5) is 8.67. The van der Waals surface area contributed by atoms with Gasteiger partial charge in [-0.15, -0.1) is 45.5 Å². The molecule has 1 aliphatic heterocycles. The number of hydrogen-bond donors (Lipinski definition) is 1. The third-order valence-corrected chi connectivity index (χ3v) is 6.80. The first-order valence-electron chi connectivity index (χ1n) is 10.7. The van der Waals surface area contributed by atoms with Crippen LogP contribution in [0.5, 0.6) is 5.75 Å². The second-order valence-corrected chi connectivity index (χ2v) is 8.86. The molecular weight excluding hydrogens is 535 g/mol. The van der Waals surface area contributed by atoms with Gasteiger partial charge in [0.1, 0.15) is 18.1 Å². The van der Waals surface area contributed by atoms with E-state index in [1.165, 1.54) is 10.4 Å². The minimum absolute atomic E-state index is 0. The Morgan fingerprint density at radius 3 is 2.72 bits per heavy atom. The fourth-order valence-corrected chi connectivity index (χ4v) is 4.56. The number of aliphatic imine (C=N–C) groups is 1. The van der Waals surface area contributed by atoms with Crippen LogP contribution in [-0.2, 0) is 20.0 Å². The molecule has 7 nitrogen and oxygen atoms in total. The first-order chi connectivity index (χ1) is 15.1. The predicted octanol–water partition coefficient (Wildman–Crippen LogP) is 3.99. The highest BCUT2D eigenvalue weighted by atomic mass is 127. The van der Waals surface area contributed by atoms with Crippen molar-refractivity contribution in [3.8, 4) is 5.75 Å². The molecule has 1 aromatic carbocycles. The first kappa shape index (κ1) is 24.5. The Kier molecular flexibility index (Phi) is 8.92. The lowest BCUT2D eigenvalue weighted by molar-refractivity contribution is 0.414. The van der Waals surface area contributed by atoms with Crippen LogP contribution in [0.15, 0.2) is 46.8 Å². The lowest BCUT2D eigenvalue weighted by Crippen LogP contribution is -2.41. The summed E-state index contributed by atoms with van der Waals surface area (Å²) in [5, 5.41) is 14.1. The summed E-state index contributed by atoms with van der Waals surface area (Å²) in [7, 11) is 3.69. The van der Waals surface area contributed by atoms with Crippen LogP contribution >= 0.6 is 35.3 Å². The average molecular weight is 567 g/mol. The second kappa shape index (κ2) is 11.6. The largest absolute Gasteiger partial charge is 0.497 e. The number of hydrogen-bond acceptors (Lipinski definition) is 5. The van der Waals surface area contributed by atoms with Crippen LogP contribution in [0, 0.1) is 6.92 Å². The predicted molar refractivity (Wildman–Crippen MR) is 140 cm³/mol. The van der Waals surface area contributed by atoms with Gasteiger partial charge >= 0.3 is 0 Å². The van der Waals surface area contributed by atoms with Gasteiger partial charge in [-0.2, -0.15) is 0 Å². The molecule has 0 aliphatic carbocycles. The number of nitrogens with zero attached hydrogens (tertiary/aromatic N) is 5. The summed E-state index contributed by atoms with van der Waals surface area (Å²) >= 11 is 1.80. The van der Waals surface area contributed by atoms with Crippen molar-refractivity contribution < 1.29 is 4.74 Å². The quantitative estimate of drug-likeness (QED) is 0.266. The van der Waals surface area contributed by atoms with Gasteiger partial charge in [0, 0.05) is 37.5 Å². The van der Waals surface area contributed by atoms with Crippen LogP contribution in [-0.4, -0.2) is 52.4 Å². The Labute approximate surface area is 210 Å². The van der Waals surface area contributed by atoms with Crippen LogP contribution in [0.25, 0.3) is 0 Å². The third-order valence-electron chi connectivity index (χ3n) is 5.86. The number of likely N-dealkylation sites (tertiary alicyclic amines) is 1. The second-order valence-electron chi connectivity index (χ2n) is 7.82. The summed E-state index contributed by atoms with van der Waals surface area (Å²) in [6.45, 7) is 5.28. The fourth-order valence-electron chi connectivity index (χ4n) is 3.86. The van der Waals surface area contributed by atoms with Gasteiger partial charge in [0.15, 0.2) is 11.8 Å². The molecule has 1 unspecified atom stereocenters. The molecule has 0 spiro atoms. The Hall–Kier alpha value is -2.14. The lowest BCUT2D eigenvalue weighted by Gasteiger charge is -2.22. The van der Waals surface area contributed by atoms with Crippen LogP contribution in [0.4, 0.5) is 0 Å². The zero-order valence-electron chi connectivity index (χ0n) is 18.8. The summed E-state index contributed by atoms with van der Waals surface area (Å²) < 4.78 is 7.30. The fraction of sp³-hybridized carbons (Fsp3) is 0.435. The summed E-state index contributed by atoms with van der Waals surface area (Å²) in [5.41, 5.74) is 1.35. The third kappa shape index (κ3) is 6.00. The number of rotatable bonds is 7. The van der Waals surface area contributed by atoms with Gasteiger partial charge in [0.05, 0.1) is 7.11 Å². The topological polar surface area (TPSA) is 67.6 Å². The van der Waals surface area contributed by atoms with E-state index >= 15 is 0 Å². The van der Waals surface area contributed by atoms with Crippen molar-refractivity contribution in [2.45, 2.75) is 32.2 Å². The highest BCUT2D eigenvalue weighted by Crippen LogP contribution is 2.28. The number of halogens is 1. The molecule has 1 fully saturated rings. The number of ether oxygens (including phenoxy) is 1. The Balaban J connectivity index is 0.00000289. The lowest BCUT2D eigenvalue weighted by atomic mass is 9.98. The summed E-state index contributed by atoms with van der Waals surface area (Å²) in [6, 6.07) is 12.7. The molecule has 1 N–H and O–H groups in total. The number of methoxy groups -OCH3 is 1. The van der Waals surface area contributed by atoms with E-state index < -0.39 is 0 Å².